The van der Waals surface area contributed by atoms with E-state index in [-0.39, 0.29) is 11.8 Å². The number of carboxylic acid groups (broad SMARTS) is 1. The normalized spacial score (nSPS) is 18.9. The van der Waals surface area contributed by atoms with Gasteiger partial charge in [0.05, 0.1) is 12.5 Å². The fourth-order valence-electron chi connectivity index (χ4n) is 2.20. The molecule has 1 aliphatic rings. The largest absolute Gasteiger partial charge is 0.493 e. The number of likely N-dealkylation sites (N-methyl/N-ethyl adjacent to an activating group) is 1. The summed E-state index contributed by atoms with van der Waals surface area (Å²) in [4.78, 5) is 24.7. The maximum atomic E-state index is 12.4. The summed E-state index contributed by atoms with van der Waals surface area (Å²) in [6.45, 7) is 1.98. The molecular formula is C14H17NO4. The third-order valence-electron chi connectivity index (χ3n) is 3.54. The number of amides is 1. The molecule has 0 saturated heterocycles. The van der Waals surface area contributed by atoms with E-state index in [0.717, 1.165) is 5.56 Å². The smallest absolute Gasteiger partial charge is 0.326 e. The van der Waals surface area contributed by atoms with Crippen LogP contribution in [0, 0.1) is 0 Å². The maximum Gasteiger partial charge on any atom is 0.326 e. The average molecular weight is 263 g/mol. The van der Waals surface area contributed by atoms with Crippen molar-refractivity contribution in [2.75, 3.05) is 13.7 Å². The molecule has 0 bridgehead atoms. The minimum Gasteiger partial charge on any atom is -0.493 e. The molecule has 2 atom stereocenters. The van der Waals surface area contributed by atoms with Crippen LogP contribution in [0.3, 0.4) is 0 Å². The number of para-hydroxylation sites is 1. The van der Waals surface area contributed by atoms with Crippen LogP contribution in [0.5, 0.6) is 5.75 Å². The number of carbonyl (C=O) groups is 2. The molecule has 102 valence electrons. The van der Waals surface area contributed by atoms with E-state index in [0.29, 0.717) is 18.8 Å². The van der Waals surface area contributed by atoms with Crippen LogP contribution in [0.1, 0.15) is 24.8 Å². The zero-order valence-electron chi connectivity index (χ0n) is 11.0. The first-order valence-electron chi connectivity index (χ1n) is 6.23. The standard InChI is InChI=1S/C14H17NO4/c1-9(14(17)18)15(2)13(16)11-7-8-19-12-6-4-3-5-10(11)12/h3-6,9,11H,7-8H2,1-2H3,(H,17,18)/t9-,11-/m0/s1. The van der Waals surface area contributed by atoms with Crippen LogP contribution in [0.25, 0.3) is 0 Å². The Labute approximate surface area is 111 Å². The van der Waals surface area contributed by atoms with Crippen molar-refractivity contribution >= 4 is 11.9 Å². The summed E-state index contributed by atoms with van der Waals surface area (Å²) in [5, 5.41) is 8.98. The molecule has 1 heterocycles. The van der Waals surface area contributed by atoms with E-state index in [2.05, 4.69) is 0 Å². The van der Waals surface area contributed by atoms with Gasteiger partial charge < -0.3 is 14.7 Å². The van der Waals surface area contributed by atoms with Crippen molar-refractivity contribution < 1.29 is 19.4 Å². The summed E-state index contributed by atoms with van der Waals surface area (Å²) >= 11 is 0. The molecule has 5 nitrogen and oxygen atoms in total. The fourth-order valence-corrected chi connectivity index (χ4v) is 2.20. The van der Waals surface area contributed by atoms with Crippen LogP contribution in [0.15, 0.2) is 24.3 Å². The molecule has 19 heavy (non-hydrogen) atoms. The molecule has 1 amide bonds. The maximum absolute atomic E-state index is 12.4. The second-order valence-electron chi connectivity index (χ2n) is 4.69. The Morgan fingerprint density at radius 2 is 2.11 bits per heavy atom. The lowest BCUT2D eigenvalue weighted by molar-refractivity contribution is -0.149. The molecule has 1 N–H and O–H groups in total. The molecule has 0 fully saturated rings. The van der Waals surface area contributed by atoms with Crippen LogP contribution in [-0.2, 0) is 9.59 Å². The number of aliphatic carboxylic acids is 1. The van der Waals surface area contributed by atoms with E-state index in [1.54, 1.807) is 0 Å². The molecule has 1 aliphatic heterocycles. The highest BCUT2D eigenvalue weighted by atomic mass is 16.5. The molecule has 1 aromatic rings. The minimum absolute atomic E-state index is 0.175. The van der Waals surface area contributed by atoms with Gasteiger partial charge in [-0.05, 0) is 19.4 Å². The van der Waals surface area contributed by atoms with Crippen molar-refractivity contribution in [1.82, 2.24) is 4.90 Å². The van der Waals surface area contributed by atoms with Crippen molar-refractivity contribution in [3.8, 4) is 5.75 Å². The lowest BCUT2D eigenvalue weighted by Crippen LogP contribution is -2.43. The van der Waals surface area contributed by atoms with E-state index in [1.807, 2.05) is 24.3 Å². The van der Waals surface area contributed by atoms with E-state index in [9.17, 15) is 9.59 Å². The van der Waals surface area contributed by atoms with Crippen LogP contribution in [0.4, 0.5) is 0 Å². The van der Waals surface area contributed by atoms with Crippen LogP contribution >= 0.6 is 0 Å². The first-order chi connectivity index (χ1) is 9.02. The van der Waals surface area contributed by atoms with Gasteiger partial charge in [0.25, 0.3) is 0 Å². The van der Waals surface area contributed by atoms with E-state index < -0.39 is 12.0 Å². The van der Waals surface area contributed by atoms with Gasteiger partial charge in [-0.2, -0.15) is 0 Å². The Kier molecular flexibility index (Phi) is 3.74. The molecule has 5 heteroatoms. The van der Waals surface area contributed by atoms with Gasteiger partial charge in [-0.25, -0.2) is 4.79 Å². The molecular weight excluding hydrogens is 246 g/mol. The SMILES string of the molecule is C[C@@H](C(=O)O)N(C)C(=O)[C@H]1CCOc2ccccc21. The first-order valence-corrected chi connectivity index (χ1v) is 6.23. The highest BCUT2D eigenvalue weighted by Gasteiger charge is 2.32. The number of carboxylic acids is 1. The lowest BCUT2D eigenvalue weighted by atomic mass is 9.91. The third-order valence-corrected chi connectivity index (χ3v) is 3.54. The number of carbonyl (C=O) groups excluding carboxylic acids is 1. The molecule has 0 spiro atoms. The Morgan fingerprint density at radius 1 is 1.42 bits per heavy atom. The quantitative estimate of drug-likeness (QED) is 0.897. The topological polar surface area (TPSA) is 66.8 Å². The summed E-state index contributed by atoms with van der Waals surface area (Å²) in [5.41, 5.74) is 0.836. The van der Waals surface area contributed by atoms with Gasteiger partial charge in [-0.15, -0.1) is 0 Å². The summed E-state index contributed by atoms with van der Waals surface area (Å²) in [5.74, 6) is -0.790. The van der Waals surface area contributed by atoms with Gasteiger partial charge in [0.2, 0.25) is 5.91 Å². The zero-order chi connectivity index (χ0) is 14.0. The van der Waals surface area contributed by atoms with E-state index in [4.69, 9.17) is 9.84 Å². The summed E-state index contributed by atoms with van der Waals surface area (Å²) in [7, 11) is 1.53. The van der Waals surface area contributed by atoms with E-state index in [1.165, 1.54) is 18.9 Å². The second-order valence-corrected chi connectivity index (χ2v) is 4.69. The van der Waals surface area contributed by atoms with Gasteiger partial charge in [0.1, 0.15) is 11.8 Å². The van der Waals surface area contributed by atoms with Crippen LogP contribution < -0.4 is 4.74 Å². The molecule has 0 saturated carbocycles. The van der Waals surface area contributed by atoms with Crippen molar-refractivity contribution in [2.24, 2.45) is 0 Å². The molecule has 0 aromatic heterocycles. The Hall–Kier alpha value is -2.04. The summed E-state index contributed by atoms with van der Waals surface area (Å²) < 4.78 is 5.50. The third kappa shape index (κ3) is 2.54. The zero-order valence-corrected chi connectivity index (χ0v) is 11.0. The number of nitrogens with zero attached hydrogens (tertiary/aromatic N) is 1. The van der Waals surface area contributed by atoms with Crippen LogP contribution in [0.2, 0.25) is 0 Å². The Bertz CT molecular complexity index is 500. The van der Waals surface area contributed by atoms with Gasteiger partial charge in [0.15, 0.2) is 0 Å². The second kappa shape index (κ2) is 5.30. The number of ether oxygens (including phenoxy) is 1. The van der Waals surface area contributed by atoms with Gasteiger partial charge in [-0.3, -0.25) is 4.79 Å². The lowest BCUT2D eigenvalue weighted by Gasteiger charge is -2.30. The highest BCUT2D eigenvalue weighted by molar-refractivity contribution is 5.88. The fraction of sp³-hybridized carbons (Fsp3) is 0.429. The number of fused-ring (bicyclic) bond motifs is 1. The van der Waals surface area contributed by atoms with Crippen molar-refractivity contribution in [2.45, 2.75) is 25.3 Å². The molecule has 0 aliphatic carbocycles. The number of benzene rings is 1. The highest BCUT2D eigenvalue weighted by Crippen LogP contribution is 2.34. The van der Waals surface area contributed by atoms with Gasteiger partial charge in [-0.1, -0.05) is 18.2 Å². The first kappa shape index (κ1) is 13.4. The average Bonchev–Trinajstić information content (AvgIpc) is 2.44. The molecule has 0 unspecified atom stereocenters. The van der Waals surface area contributed by atoms with Gasteiger partial charge in [0, 0.05) is 12.6 Å². The predicted octanol–water partition coefficient (Wildman–Crippen LogP) is 1.48. The predicted molar refractivity (Wildman–Crippen MR) is 69.2 cm³/mol. The Balaban J connectivity index is 2.24. The molecule has 0 radical (unpaired) electrons. The van der Waals surface area contributed by atoms with E-state index >= 15 is 0 Å². The van der Waals surface area contributed by atoms with Crippen LogP contribution in [-0.4, -0.2) is 41.6 Å². The number of hydrogen-bond donors (Lipinski definition) is 1. The molecule has 2 rings (SSSR count). The Morgan fingerprint density at radius 3 is 2.79 bits per heavy atom. The van der Waals surface area contributed by atoms with Gasteiger partial charge >= 0.3 is 5.97 Å². The minimum atomic E-state index is -1.00. The summed E-state index contributed by atoms with van der Waals surface area (Å²) in [6, 6.07) is 6.57. The van der Waals surface area contributed by atoms with Crippen molar-refractivity contribution in [3.63, 3.8) is 0 Å². The summed E-state index contributed by atoms with van der Waals surface area (Å²) in [6.07, 6.45) is 0.576. The number of hydrogen-bond acceptors (Lipinski definition) is 3. The molecule has 1 aromatic carbocycles. The van der Waals surface area contributed by atoms with Crippen molar-refractivity contribution in [3.05, 3.63) is 29.8 Å². The number of rotatable bonds is 3. The monoisotopic (exact) mass is 263 g/mol. The van der Waals surface area contributed by atoms with Crippen molar-refractivity contribution in [1.29, 1.82) is 0 Å².